The van der Waals surface area contributed by atoms with Crippen molar-refractivity contribution in [3.63, 3.8) is 0 Å². The first-order chi connectivity index (χ1) is 13.4. The summed E-state index contributed by atoms with van der Waals surface area (Å²) in [6.45, 7) is 4.41. The average Bonchev–Trinajstić information content (AvgIpc) is 3.29. The topological polar surface area (TPSA) is 32.3 Å². The van der Waals surface area contributed by atoms with Gasteiger partial charge in [0.2, 0.25) is 0 Å². The number of benzene rings is 1. The van der Waals surface area contributed by atoms with Gasteiger partial charge in [0.15, 0.2) is 5.82 Å². The molecule has 2 aromatic heterocycles. The monoisotopic (exact) mass is 378 g/mol. The quantitative estimate of drug-likeness (QED) is 0.654. The fraction of sp³-hybridized carbons (Fsp3) is 0.455. The van der Waals surface area contributed by atoms with E-state index in [1.807, 2.05) is 0 Å². The van der Waals surface area contributed by atoms with Gasteiger partial charge in [0.05, 0.1) is 10.4 Å². The molecule has 3 heterocycles. The third-order valence-corrected chi connectivity index (χ3v) is 6.90. The maximum Gasteiger partial charge on any atom is 0.172 e. The smallest absolute Gasteiger partial charge is 0.172 e. The summed E-state index contributed by atoms with van der Waals surface area (Å²) in [4.78, 5) is 16.2. The molecule has 27 heavy (non-hydrogen) atoms. The third kappa shape index (κ3) is 3.46. The molecule has 1 saturated heterocycles. The highest BCUT2D eigenvalue weighted by Gasteiger charge is 2.26. The van der Waals surface area contributed by atoms with E-state index in [1.54, 1.807) is 11.3 Å². The summed E-state index contributed by atoms with van der Waals surface area (Å²) in [5, 5.41) is 3.26. The molecule has 4 nitrogen and oxygen atoms in total. The van der Waals surface area contributed by atoms with Crippen LogP contribution in [0.2, 0.25) is 0 Å². The molecule has 0 spiro atoms. The minimum atomic E-state index is 0.810. The molecule has 2 fully saturated rings. The Bertz CT molecular complexity index is 894. The standard InChI is InChI=1S/C22H26N4S/c1-2-7-17(8-3-1)25-12-14-26(15-13-25)22-18-9-4-5-10-19(18)23-21(24-22)20-11-6-16-27-20/h4-6,9-11,16-17H,1-3,7-8,12-15H2. The molecule has 140 valence electrons. The molecule has 0 amide bonds. The van der Waals surface area contributed by atoms with Gasteiger partial charge in [-0.05, 0) is 36.4 Å². The van der Waals surface area contributed by atoms with E-state index in [1.165, 1.54) is 37.5 Å². The van der Waals surface area contributed by atoms with Gasteiger partial charge in [0.25, 0.3) is 0 Å². The fourth-order valence-electron chi connectivity index (χ4n) is 4.56. The summed E-state index contributed by atoms with van der Waals surface area (Å²) < 4.78 is 0. The van der Waals surface area contributed by atoms with Crippen LogP contribution in [0, 0.1) is 0 Å². The molecule has 5 heteroatoms. The zero-order valence-corrected chi connectivity index (χ0v) is 16.5. The predicted molar refractivity (Wildman–Crippen MR) is 114 cm³/mol. The first-order valence-electron chi connectivity index (χ1n) is 10.2. The average molecular weight is 379 g/mol. The maximum atomic E-state index is 5.01. The Balaban J connectivity index is 1.43. The zero-order chi connectivity index (χ0) is 18.1. The Hall–Kier alpha value is -1.98. The summed E-state index contributed by atoms with van der Waals surface area (Å²) in [6, 6.07) is 13.4. The van der Waals surface area contributed by atoms with Gasteiger partial charge < -0.3 is 4.90 Å². The highest BCUT2D eigenvalue weighted by atomic mass is 32.1. The Morgan fingerprint density at radius 3 is 2.44 bits per heavy atom. The highest BCUT2D eigenvalue weighted by Crippen LogP contribution is 2.31. The SMILES string of the molecule is c1csc(-c2nc(N3CCN(C4CCCCC4)CC3)c3ccccc3n2)c1. The number of aromatic nitrogens is 2. The number of para-hydroxylation sites is 1. The van der Waals surface area contributed by atoms with Gasteiger partial charge >= 0.3 is 0 Å². The lowest BCUT2D eigenvalue weighted by atomic mass is 9.94. The minimum absolute atomic E-state index is 0.810. The normalized spacial score (nSPS) is 19.6. The maximum absolute atomic E-state index is 5.01. The van der Waals surface area contributed by atoms with E-state index in [2.05, 4.69) is 51.6 Å². The highest BCUT2D eigenvalue weighted by molar-refractivity contribution is 7.13. The lowest BCUT2D eigenvalue weighted by Crippen LogP contribution is -2.51. The molecule has 2 aliphatic rings. The second kappa shape index (κ2) is 7.56. The molecule has 3 aromatic rings. The predicted octanol–water partition coefficient (Wildman–Crippen LogP) is 4.81. The van der Waals surface area contributed by atoms with Crippen molar-refractivity contribution in [3.8, 4) is 10.7 Å². The van der Waals surface area contributed by atoms with Gasteiger partial charge in [0.1, 0.15) is 5.82 Å². The first-order valence-corrected chi connectivity index (χ1v) is 11.1. The molecule has 0 atom stereocenters. The van der Waals surface area contributed by atoms with Crippen LogP contribution >= 0.6 is 11.3 Å². The van der Waals surface area contributed by atoms with Gasteiger partial charge in [-0.25, -0.2) is 9.97 Å². The molecule has 1 aliphatic heterocycles. The van der Waals surface area contributed by atoms with Crippen LogP contribution in [0.3, 0.4) is 0 Å². The number of rotatable bonds is 3. The van der Waals surface area contributed by atoms with E-state index < -0.39 is 0 Å². The van der Waals surface area contributed by atoms with E-state index in [0.717, 1.165) is 54.3 Å². The number of fused-ring (bicyclic) bond motifs is 1. The fourth-order valence-corrected chi connectivity index (χ4v) is 5.22. The van der Waals surface area contributed by atoms with E-state index in [0.29, 0.717) is 0 Å². The van der Waals surface area contributed by atoms with E-state index in [9.17, 15) is 0 Å². The number of hydrogen-bond acceptors (Lipinski definition) is 5. The number of piperazine rings is 1. The van der Waals surface area contributed by atoms with Crippen molar-refractivity contribution >= 4 is 28.1 Å². The van der Waals surface area contributed by atoms with Crippen LogP contribution in [0.15, 0.2) is 41.8 Å². The van der Waals surface area contributed by atoms with Crippen molar-refractivity contribution in [2.45, 2.75) is 38.1 Å². The van der Waals surface area contributed by atoms with Gasteiger partial charge in [-0.2, -0.15) is 0 Å². The van der Waals surface area contributed by atoms with E-state index in [-0.39, 0.29) is 0 Å². The minimum Gasteiger partial charge on any atom is -0.353 e. The van der Waals surface area contributed by atoms with Crippen LogP contribution in [0.1, 0.15) is 32.1 Å². The van der Waals surface area contributed by atoms with Crippen LogP contribution in [-0.2, 0) is 0 Å². The van der Waals surface area contributed by atoms with Gasteiger partial charge in [-0.3, -0.25) is 4.90 Å². The molecule has 1 aliphatic carbocycles. The summed E-state index contributed by atoms with van der Waals surface area (Å²) >= 11 is 1.71. The molecule has 0 radical (unpaired) electrons. The third-order valence-electron chi connectivity index (χ3n) is 6.03. The number of hydrogen-bond donors (Lipinski definition) is 0. The summed E-state index contributed by atoms with van der Waals surface area (Å²) in [5.41, 5.74) is 1.04. The largest absolute Gasteiger partial charge is 0.353 e. The van der Waals surface area contributed by atoms with Crippen molar-refractivity contribution < 1.29 is 0 Å². The first kappa shape index (κ1) is 17.1. The molecule has 1 saturated carbocycles. The zero-order valence-electron chi connectivity index (χ0n) is 15.7. The van der Waals surface area contributed by atoms with Crippen LogP contribution in [0.5, 0.6) is 0 Å². The summed E-state index contributed by atoms with van der Waals surface area (Å²) in [6.07, 6.45) is 7.02. The van der Waals surface area contributed by atoms with Gasteiger partial charge in [-0.1, -0.05) is 37.5 Å². The second-order valence-electron chi connectivity index (χ2n) is 7.68. The molecular weight excluding hydrogens is 352 g/mol. The Kier molecular flexibility index (Phi) is 4.80. The van der Waals surface area contributed by atoms with E-state index >= 15 is 0 Å². The molecule has 0 bridgehead atoms. The van der Waals surface area contributed by atoms with Crippen molar-refractivity contribution in [3.05, 3.63) is 41.8 Å². The van der Waals surface area contributed by atoms with Crippen LogP contribution < -0.4 is 4.90 Å². The van der Waals surface area contributed by atoms with Crippen molar-refractivity contribution in [2.75, 3.05) is 31.1 Å². The molecule has 0 unspecified atom stereocenters. The Labute approximate surface area is 164 Å². The van der Waals surface area contributed by atoms with Crippen LogP contribution in [0.25, 0.3) is 21.6 Å². The van der Waals surface area contributed by atoms with Crippen molar-refractivity contribution in [1.29, 1.82) is 0 Å². The summed E-state index contributed by atoms with van der Waals surface area (Å²) in [7, 11) is 0. The van der Waals surface area contributed by atoms with E-state index in [4.69, 9.17) is 9.97 Å². The number of nitrogens with zero attached hydrogens (tertiary/aromatic N) is 4. The second-order valence-corrected chi connectivity index (χ2v) is 8.63. The van der Waals surface area contributed by atoms with Gasteiger partial charge in [0, 0.05) is 37.6 Å². The number of thiophene rings is 1. The molecule has 0 N–H and O–H groups in total. The van der Waals surface area contributed by atoms with Crippen molar-refractivity contribution in [2.24, 2.45) is 0 Å². The van der Waals surface area contributed by atoms with Crippen molar-refractivity contribution in [1.82, 2.24) is 14.9 Å². The molecule has 1 aromatic carbocycles. The van der Waals surface area contributed by atoms with Crippen LogP contribution in [-0.4, -0.2) is 47.1 Å². The number of anilines is 1. The lowest BCUT2D eigenvalue weighted by Gasteiger charge is -2.41. The lowest BCUT2D eigenvalue weighted by molar-refractivity contribution is 0.148. The van der Waals surface area contributed by atoms with Crippen LogP contribution in [0.4, 0.5) is 5.82 Å². The molecular formula is C22H26N4S. The summed E-state index contributed by atoms with van der Waals surface area (Å²) in [5.74, 6) is 1.96. The van der Waals surface area contributed by atoms with Gasteiger partial charge in [-0.15, -0.1) is 11.3 Å². The Morgan fingerprint density at radius 1 is 0.852 bits per heavy atom. The molecule has 5 rings (SSSR count). The Morgan fingerprint density at radius 2 is 1.67 bits per heavy atom.